The summed E-state index contributed by atoms with van der Waals surface area (Å²) in [6.45, 7) is 1.70. The average Bonchev–Trinajstić information content (AvgIpc) is 3.08. The second-order valence-corrected chi connectivity index (χ2v) is 5.39. The van der Waals surface area contributed by atoms with Crippen LogP contribution in [0.15, 0.2) is 30.7 Å². The Morgan fingerprint density at radius 3 is 3.13 bits per heavy atom. The summed E-state index contributed by atoms with van der Waals surface area (Å²) in [5.41, 5.74) is 0.566. The van der Waals surface area contributed by atoms with Gasteiger partial charge in [-0.1, -0.05) is 0 Å². The third kappa shape index (κ3) is 3.31. The maximum atomic E-state index is 9.13. The molecule has 1 atom stereocenters. The van der Waals surface area contributed by atoms with Gasteiger partial charge in [0.25, 0.3) is 0 Å². The van der Waals surface area contributed by atoms with Crippen molar-refractivity contribution in [2.24, 2.45) is 0 Å². The summed E-state index contributed by atoms with van der Waals surface area (Å²) in [4.78, 5) is 15.1. The highest BCUT2D eigenvalue weighted by Crippen LogP contribution is 2.25. The van der Waals surface area contributed by atoms with Crippen LogP contribution in [0.3, 0.4) is 0 Å². The normalized spacial score (nSPS) is 16.9. The van der Waals surface area contributed by atoms with Gasteiger partial charge in [0, 0.05) is 38.4 Å². The van der Waals surface area contributed by atoms with E-state index in [2.05, 4.69) is 36.6 Å². The van der Waals surface area contributed by atoms with Crippen molar-refractivity contribution in [3.63, 3.8) is 0 Å². The van der Waals surface area contributed by atoms with E-state index in [4.69, 9.17) is 5.26 Å². The lowest BCUT2D eigenvalue weighted by molar-refractivity contribution is 0.689. The second-order valence-electron chi connectivity index (χ2n) is 5.39. The summed E-state index contributed by atoms with van der Waals surface area (Å²) < 4.78 is 0. The van der Waals surface area contributed by atoms with Crippen LogP contribution in [0.4, 0.5) is 17.5 Å². The molecule has 0 unspecified atom stereocenters. The number of anilines is 3. The van der Waals surface area contributed by atoms with Crippen molar-refractivity contribution in [3.8, 4) is 6.07 Å². The van der Waals surface area contributed by atoms with Gasteiger partial charge < -0.3 is 15.5 Å². The topological polar surface area (TPSA) is 89.8 Å². The fourth-order valence-corrected chi connectivity index (χ4v) is 2.84. The molecule has 3 heterocycles. The van der Waals surface area contributed by atoms with Crippen molar-refractivity contribution in [1.29, 1.82) is 5.26 Å². The molecule has 0 spiro atoms. The van der Waals surface area contributed by atoms with Crippen molar-refractivity contribution in [3.05, 3.63) is 36.3 Å². The monoisotopic (exact) mass is 309 g/mol. The molecule has 7 nitrogen and oxygen atoms in total. The highest BCUT2D eigenvalue weighted by atomic mass is 15.3. The van der Waals surface area contributed by atoms with E-state index in [-0.39, 0.29) is 0 Å². The minimum atomic E-state index is 0.322. The molecular weight excluding hydrogens is 290 g/mol. The van der Waals surface area contributed by atoms with E-state index in [9.17, 15) is 0 Å². The summed E-state index contributed by atoms with van der Waals surface area (Å²) in [5.74, 6) is 2.38. The lowest BCUT2D eigenvalue weighted by Crippen LogP contribution is -2.35. The number of hydrogen-bond acceptors (Lipinski definition) is 7. The average molecular weight is 309 g/mol. The molecule has 1 fully saturated rings. The third-order valence-electron chi connectivity index (χ3n) is 4.01. The van der Waals surface area contributed by atoms with Gasteiger partial charge in [-0.15, -0.1) is 0 Å². The fourth-order valence-electron chi connectivity index (χ4n) is 2.84. The molecule has 2 N–H and O–H groups in total. The van der Waals surface area contributed by atoms with Crippen LogP contribution >= 0.6 is 0 Å². The summed E-state index contributed by atoms with van der Waals surface area (Å²) in [5, 5.41) is 15.5. The first kappa shape index (κ1) is 15.0. The van der Waals surface area contributed by atoms with Crippen LogP contribution in [-0.2, 0) is 0 Å². The van der Waals surface area contributed by atoms with E-state index in [1.54, 1.807) is 24.7 Å². The molecule has 3 rings (SSSR count). The van der Waals surface area contributed by atoms with E-state index in [0.29, 0.717) is 17.4 Å². The van der Waals surface area contributed by atoms with Crippen LogP contribution in [-0.4, -0.2) is 41.1 Å². The molecular formula is C16H19N7. The molecule has 1 saturated heterocycles. The zero-order valence-corrected chi connectivity index (χ0v) is 13.0. The molecule has 118 valence electrons. The van der Waals surface area contributed by atoms with Crippen molar-refractivity contribution in [2.75, 3.05) is 35.7 Å². The van der Waals surface area contributed by atoms with Crippen molar-refractivity contribution in [2.45, 2.75) is 18.9 Å². The molecule has 0 aromatic carbocycles. The molecule has 0 amide bonds. The van der Waals surface area contributed by atoms with Crippen molar-refractivity contribution < 1.29 is 0 Å². The van der Waals surface area contributed by atoms with Gasteiger partial charge in [0.2, 0.25) is 0 Å². The van der Waals surface area contributed by atoms with E-state index in [0.717, 1.165) is 37.6 Å². The standard InChI is InChI=1S/C16H19N7/c1-18-14-8-15(22-11-21-14)23-7-3-5-13(23)10-20-16-12(9-17)4-2-6-19-16/h2,4,6,8,11,13H,3,5,7,10H2,1H3,(H,19,20)(H,18,21,22)/t13-/m1/s1. The number of pyridine rings is 1. The Balaban J connectivity index is 1.71. The number of nitriles is 1. The zero-order chi connectivity index (χ0) is 16.1. The molecule has 7 heteroatoms. The molecule has 0 radical (unpaired) electrons. The van der Waals surface area contributed by atoms with Crippen LogP contribution < -0.4 is 15.5 Å². The SMILES string of the molecule is CNc1cc(N2CCC[C@@H]2CNc2ncccc2C#N)ncn1. The Hall–Kier alpha value is -2.88. The smallest absolute Gasteiger partial charge is 0.143 e. The van der Waals surface area contributed by atoms with Gasteiger partial charge in [-0.3, -0.25) is 0 Å². The number of rotatable bonds is 5. The molecule has 2 aromatic heterocycles. The fraction of sp³-hybridized carbons (Fsp3) is 0.375. The van der Waals surface area contributed by atoms with Crippen LogP contribution in [0.1, 0.15) is 18.4 Å². The third-order valence-corrected chi connectivity index (χ3v) is 4.01. The quantitative estimate of drug-likeness (QED) is 0.871. The molecule has 2 aromatic rings. The highest BCUT2D eigenvalue weighted by Gasteiger charge is 2.26. The Bertz CT molecular complexity index is 710. The number of aromatic nitrogens is 3. The van der Waals surface area contributed by atoms with Gasteiger partial charge in [0.15, 0.2) is 0 Å². The Kier molecular flexibility index (Phi) is 4.52. The van der Waals surface area contributed by atoms with Gasteiger partial charge in [-0.25, -0.2) is 15.0 Å². The van der Waals surface area contributed by atoms with E-state index in [1.165, 1.54) is 0 Å². The lowest BCUT2D eigenvalue weighted by Gasteiger charge is -2.26. The molecule has 1 aliphatic heterocycles. The maximum absolute atomic E-state index is 9.13. The number of nitrogens with zero attached hydrogens (tertiary/aromatic N) is 5. The molecule has 0 aliphatic carbocycles. The minimum Gasteiger partial charge on any atom is -0.373 e. The van der Waals surface area contributed by atoms with Gasteiger partial charge in [-0.2, -0.15) is 5.26 Å². The van der Waals surface area contributed by atoms with E-state index < -0.39 is 0 Å². The Morgan fingerprint density at radius 1 is 1.39 bits per heavy atom. The number of nitrogens with one attached hydrogen (secondary N) is 2. The summed E-state index contributed by atoms with van der Waals surface area (Å²) in [6, 6.07) is 7.98. The highest BCUT2D eigenvalue weighted by molar-refractivity contribution is 5.53. The summed E-state index contributed by atoms with van der Waals surface area (Å²) in [7, 11) is 1.85. The first-order chi connectivity index (χ1) is 11.3. The molecule has 0 bridgehead atoms. The predicted octanol–water partition coefficient (Wildman–Crippen LogP) is 1.87. The van der Waals surface area contributed by atoms with Crippen LogP contribution in [0.2, 0.25) is 0 Å². The lowest BCUT2D eigenvalue weighted by atomic mass is 10.2. The maximum Gasteiger partial charge on any atom is 0.143 e. The summed E-state index contributed by atoms with van der Waals surface area (Å²) in [6.07, 6.45) is 5.48. The van der Waals surface area contributed by atoms with Crippen molar-refractivity contribution >= 4 is 17.5 Å². The van der Waals surface area contributed by atoms with E-state index in [1.807, 2.05) is 13.1 Å². The van der Waals surface area contributed by atoms with Gasteiger partial charge in [-0.05, 0) is 25.0 Å². The Morgan fingerprint density at radius 2 is 2.30 bits per heavy atom. The second kappa shape index (κ2) is 6.92. The van der Waals surface area contributed by atoms with Crippen molar-refractivity contribution in [1.82, 2.24) is 15.0 Å². The van der Waals surface area contributed by atoms with Crippen LogP contribution in [0, 0.1) is 11.3 Å². The number of hydrogen-bond donors (Lipinski definition) is 2. The largest absolute Gasteiger partial charge is 0.373 e. The van der Waals surface area contributed by atoms with Crippen LogP contribution in [0.5, 0.6) is 0 Å². The molecule has 23 heavy (non-hydrogen) atoms. The first-order valence-corrected chi connectivity index (χ1v) is 7.67. The Labute approximate surface area is 135 Å². The summed E-state index contributed by atoms with van der Waals surface area (Å²) >= 11 is 0. The minimum absolute atomic E-state index is 0.322. The first-order valence-electron chi connectivity index (χ1n) is 7.67. The van der Waals surface area contributed by atoms with Crippen LogP contribution in [0.25, 0.3) is 0 Å². The molecule has 1 aliphatic rings. The zero-order valence-electron chi connectivity index (χ0n) is 13.0. The molecule has 0 saturated carbocycles. The van der Waals surface area contributed by atoms with E-state index >= 15 is 0 Å². The van der Waals surface area contributed by atoms with Gasteiger partial charge >= 0.3 is 0 Å². The van der Waals surface area contributed by atoms with Gasteiger partial charge in [0.05, 0.1) is 5.56 Å². The predicted molar refractivity (Wildman–Crippen MR) is 89.4 cm³/mol. The van der Waals surface area contributed by atoms with Gasteiger partial charge in [0.1, 0.15) is 29.9 Å².